The zero-order valence-corrected chi connectivity index (χ0v) is 15.9. The second kappa shape index (κ2) is 8.97. The van der Waals surface area contributed by atoms with Crippen LogP contribution in [0.4, 0.5) is 0 Å². The molecule has 2 aromatic carbocycles. The average molecular weight is 400 g/mol. The standard InChI is InChI=1S/C20H20N2O5S/c21-12-16-4-1-2-5-17(16)14-27-20(23)15-7-9-19(10-8-15)28(24,25)22-13-18-6-3-11-26-18/h1-2,4-5,7-10,18,22H,3,6,11,13-14H2. The molecule has 1 saturated heterocycles. The van der Waals surface area contributed by atoms with E-state index in [0.717, 1.165) is 12.8 Å². The van der Waals surface area contributed by atoms with E-state index in [2.05, 4.69) is 4.72 Å². The highest BCUT2D eigenvalue weighted by molar-refractivity contribution is 7.89. The van der Waals surface area contributed by atoms with Gasteiger partial charge >= 0.3 is 5.97 Å². The van der Waals surface area contributed by atoms with Crippen molar-refractivity contribution < 1.29 is 22.7 Å². The summed E-state index contributed by atoms with van der Waals surface area (Å²) in [5.41, 5.74) is 1.28. The number of carbonyl (C=O) groups is 1. The molecular weight excluding hydrogens is 380 g/mol. The lowest BCUT2D eigenvalue weighted by molar-refractivity contribution is 0.0472. The summed E-state index contributed by atoms with van der Waals surface area (Å²) >= 11 is 0. The normalized spacial score (nSPS) is 16.5. The Morgan fingerprint density at radius 3 is 2.64 bits per heavy atom. The summed E-state index contributed by atoms with van der Waals surface area (Å²) in [5.74, 6) is -0.594. The van der Waals surface area contributed by atoms with Crippen LogP contribution >= 0.6 is 0 Å². The van der Waals surface area contributed by atoms with Gasteiger partial charge in [0.25, 0.3) is 0 Å². The number of nitrogens with zero attached hydrogens (tertiary/aromatic N) is 1. The predicted molar refractivity (Wildman–Crippen MR) is 101 cm³/mol. The molecule has 1 heterocycles. The van der Waals surface area contributed by atoms with Crippen molar-refractivity contribution in [1.29, 1.82) is 5.26 Å². The monoisotopic (exact) mass is 400 g/mol. The van der Waals surface area contributed by atoms with Gasteiger partial charge in [-0.05, 0) is 43.2 Å². The average Bonchev–Trinajstić information content (AvgIpc) is 3.24. The van der Waals surface area contributed by atoms with Crippen LogP contribution in [0, 0.1) is 11.3 Å². The van der Waals surface area contributed by atoms with Crippen molar-refractivity contribution in [3.8, 4) is 6.07 Å². The second-order valence-corrected chi connectivity index (χ2v) is 8.12. The van der Waals surface area contributed by atoms with Crippen LogP contribution in [0.25, 0.3) is 0 Å². The first kappa shape index (κ1) is 20.0. The van der Waals surface area contributed by atoms with Crippen LogP contribution in [-0.4, -0.2) is 33.6 Å². The molecule has 1 fully saturated rings. The second-order valence-electron chi connectivity index (χ2n) is 6.36. The van der Waals surface area contributed by atoms with E-state index in [1.807, 2.05) is 6.07 Å². The lowest BCUT2D eigenvalue weighted by Crippen LogP contribution is -2.31. The summed E-state index contributed by atoms with van der Waals surface area (Å²) in [5, 5.41) is 9.06. The molecule has 1 aliphatic rings. The number of nitrogens with one attached hydrogen (secondary N) is 1. The van der Waals surface area contributed by atoms with Crippen LogP contribution in [0.15, 0.2) is 53.4 Å². The summed E-state index contributed by atoms with van der Waals surface area (Å²) in [7, 11) is -3.67. The molecule has 1 unspecified atom stereocenters. The van der Waals surface area contributed by atoms with E-state index in [1.54, 1.807) is 24.3 Å². The van der Waals surface area contributed by atoms with Gasteiger partial charge < -0.3 is 9.47 Å². The molecule has 8 heteroatoms. The Morgan fingerprint density at radius 2 is 1.96 bits per heavy atom. The Morgan fingerprint density at radius 1 is 1.21 bits per heavy atom. The lowest BCUT2D eigenvalue weighted by Gasteiger charge is -2.11. The third-order valence-corrected chi connectivity index (χ3v) is 5.86. The molecule has 0 radical (unpaired) electrons. The lowest BCUT2D eigenvalue weighted by atomic mass is 10.1. The number of carbonyl (C=O) groups excluding carboxylic acids is 1. The summed E-state index contributed by atoms with van der Waals surface area (Å²) in [6.45, 7) is 0.845. The Hall–Kier alpha value is -2.73. The fourth-order valence-electron chi connectivity index (χ4n) is 2.84. The van der Waals surface area contributed by atoms with Gasteiger partial charge in [0.1, 0.15) is 6.61 Å². The molecule has 0 aliphatic carbocycles. The van der Waals surface area contributed by atoms with Crippen LogP contribution < -0.4 is 4.72 Å². The van der Waals surface area contributed by atoms with Crippen LogP contribution in [0.2, 0.25) is 0 Å². The predicted octanol–water partition coefficient (Wildman–Crippen LogP) is 2.37. The quantitative estimate of drug-likeness (QED) is 0.716. The van der Waals surface area contributed by atoms with E-state index in [4.69, 9.17) is 14.7 Å². The Kier molecular flexibility index (Phi) is 6.41. The first-order chi connectivity index (χ1) is 13.5. The number of hydrogen-bond acceptors (Lipinski definition) is 6. The molecule has 1 atom stereocenters. The zero-order chi connectivity index (χ0) is 20.0. The highest BCUT2D eigenvalue weighted by Gasteiger charge is 2.20. The largest absolute Gasteiger partial charge is 0.457 e. The molecule has 1 aliphatic heterocycles. The minimum atomic E-state index is -3.67. The van der Waals surface area contributed by atoms with Gasteiger partial charge in [-0.15, -0.1) is 0 Å². The molecule has 0 amide bonds. The summed E-state index contributed by atoms with van der Waals surface area (Å²) < 4.78 is 37.8. The van der Waals surface area contributed by atoms with E-state index in [1.165, 1.54) is 24.3 Å². The van der Waals surface area contributed by atoms with Crippen LogP contribution in [0.3, 0.4) is 0 Å². The van der Waals surface area contributed by atoms with E-state index in [-0.39, 0.29) is 29.7 Å². The van der Waals surface area contributed by atoms with Crippen molar-refractivity contribution in [2.75, 3.05) is 13.2 Å². The molecule has 2 aromatic rings. The van der Waals surface area contributed by atoms with Gasteiger partial charge in [0.2, 0.25) is 10.0 Å². The molecule has 0 saturated carbocycles. The fourth-order valence-corrected chi connectivity index (χ4v) is 3.91. The maximum absolute atomic E-state index is 12.3. The number of esters is 1. The van der Waals surface area contributed by atoms with E-state index in [0.29, 0.717) is 17.7 Å². The number of hydrogen-bond donors (Lipinski definition) is 1. The SMILES string of the molecule is N#Cc1ccccc1COC(=O)c1ccc(S(=O)(=O)NCC2CCCO2)cc1. The van der Waals surface area contributed by atoms with Gasteiger partial charge in [-0.25, -0.2) is 17.9 Å². The number of rotatable bonds is 7. The van der Waals surface area contributed by atoms with Gasteiger partial charge in [-0.1, -0.05) is 18.2 Å². The zero-order valence-electron chi connectivity index (χ0n) is 15.1. The number of nitriles is 1. The van der Waals surface area contributed by atoms with Gasteiger partial charge in [-0.3, -0.25) is 0 Å². The van der Waals surface area contributed by atoms with E-state index >= 15 is 0 Å². The highest BCUT2D eigenvalue weighted by atomic mass is 32.2. The molecule has 0 spiro atoms. The Balaban J connectivity index is 1.60. The minimum Gasteiger partial charge on any atom is -0.457 e. The summed E-state index contributed by atoms with van der Waals surface area (Å²) in [4.78, 5) is 12.3. The first-order valence-corrected chi connectivity index (χ1v) is 10.3. The van der Waals surface area contributed by atoms with Gasteiger partial charge in [0.05, 0.1) is 28.2 Å². The number of sulfonamides is 1. The van der Waals surface area contributed by atoms with E-state index < -0.39 is 16.0 Å². The fraction of sp³-hybridized carbons (Fsp3) is 0.300. The van der Waals surface area contributed by atoms with Gasteiger partial charge in [0.15, 0.2) is 0 Å². The Bertz CT molecular complexity index is 974. The van der Waals surface area contributed by atoms with Crippen LogP contribution in [0.5, 0.6) is 0 Å². The number of benzene rings is 2. The summed E-state index contributed by atoms with van der Waals surface area (Å²) in [6, 6.07) is 14.4. The van der Waals surface area contributed by atoms with Crippen molar-refractivity contribution >= 4 is 16.0 Å². The molecule has 146 valence electrons. The molecule has 7 nitrogen and oxygen atoms in total. The molecular formula is C20H20N2O5S. The van der Waals surface area contributed by atoms with Crippen molar-refractivity contribution in [2.24, 2.45) is 0 Å². The number of ether oxygens (including phenoxy) is 2. The van der Waals surface area contributed by atoms with Crippen molar-refractivity contribution in [3.63, 3.8) is 0 Å². The molecule has 0 aromatic heterocycles. The van der Waals surface area contributed by atoms with Gasteiger partial charge in [-0.2, -0.15) is 5.26 Å². The molecule has 28 heavy (non-hydrogen) atoms. The van der Waals surface area contributed by atoms with Crippen LogP contribution in [0.1, 0.15) is 34.3 Å². The van der Waals surface area contributed by atoms with E-state index in [9.17, 15) is 13.2 Å². The smallest absolute Gasteiger partial charge is 0.338 e. The Labute approximate surface area is 163 Å². The molecule has 3 rings (SSSR count). The minimum absolute atomic E-state index is 0.0362. The van der Waals surface area contributed by atoms with Crippen molar-refractivity contribution in [3.05, 3.63) is 65.2 Å². The molecule has 1 N–H and O–H groups in total. The first-order valence-electron chi connectivity index (χ1n) is 8.86. The maximum Gasteiger partial charge on any atom is 0.338 e. The maximum atomic E-state index is 12.3. The third kappa shape index (κ3) is 4.95. The van der Waals surface area contributed by atoms with Crippen LogP contribution in [-0.2, 0) is 26.1 Å². The topological polar surface area (TPSA) is 105 Å². The van der Waals surface area contributed by atoms with Crippen molar-refractivity contribution in [1.82, 2.24) is 4.72 Å². The summed E-state index contributed by atoms with van der Waals surface area (Å²) in [6.07, 6.45) is 1.67. The van der Waals surface area contributed by atoms with Gasteiger partial charge in [0, 0.05) is 18.7 Å². The highest BCUT2D eigenvalue weighted by Crippen LogP contribution is 2.15. The van der Waals surface area contributed by atoms with Crippen molar-refractivity contribution in [2.45, 2.75) is 30.4 Å². The third-order valence-electron chi connectivity index (χ3n) is 4.42. The molecule has 0 bridgehead atoms.